The van der Waals surface area contributed by atoms with Crippen LogP contribution in [-0.4, -0.2) is 28.0 Å². The summed E-state index contributed by atoms with van der Waals surface area (Å²) < 4.78 is 12.5. The molecule has 0 fully saturated rings. The summed E-state index contributed by atoms with van der Waals surface area (Å²) in [4.78, 5) is 11.5. The summed E-state index contributed by atoms with van der Waals surface area (Å²) in [6, 6.07) is 8.87. The zero-order chi connectivity index (χ0) is 17.6. The highest BCUT2D eigenvalue weighted by Crippen LogP contribution is 2.20. The largest absolute Gasteiger partial charge is 0.454 e. The first kappa shape index (κ1) is 17.3. The minimum Gasteiger partial charge on any atom is -0.454 e. The van der Waals surface area contributed by atoms with Crippen LogP contribution in [0.2, 0.25) is 0 Å². The highest BCUT2D eigenvalue weighted by atomic mass is 16.6. The molecule has 7 heteroatoms. The van der Waals surface area contributed by atoms with Crippen LogP contribution in [0.4, 0.5) is 4.79 Å². The average Bonchev–Trinajstić information content (AvgIpc) is 2.93. The van der Waals surface area contributed by atoms with Gasteiger partial charge in [-0.3, -0.25) is 4.68 Å². The van der Waals surface area contributed by atoms with Gasteiger partial charge in [-0.05, 0) is 45.0 Å². The lowest BCUT2D eigenvalue weighted by Crippen LogP contribution is -2.34. The molecule has 7 nitrogen and oxygen atoms in total. The first-order valence-corrected chi connectivity index (χ1v) is 7.53. The number of amides is 1. The fourth-order valence-electron chi connectivity index (χ4n) is 1.84. The molecule has 1 N–H and O–H groups in total. The fourth-order valence-corrected chi connectivity index (χ4v) is 1.84. The van der Waals surface area contributed by atoms with Gasteiger partial charge in [0.2, 0.25) is 0 Å². The van der Waals surface area contributed by atoms with E-state index in [1.807, 2.05) is 20.8 Å². The highest BCUT2D eigenvalue weighted by molar-refractivity contribution is 5.67. The lowest BCUT2D eigenvalue weighted by molar-refractivity contribution is 0.0525. The maximum Gasteiger partial charge on any atom is 0.407 e. The summed E-state index contributed by atoms with van der Waals surface area (Å²) in [5.74, 6) is 1.21. The number of nitriles is 1. The third-order valence-corrected chi connectivity index (χ3v) is 2.84. The summed E-state index contributed by atoms with van der Waals surface area (Å²) in [6.45, 7) is 6.33. The lowest BCUT2D eigenvalue weighted by Gasteiger charge is -2.19. The molecule has 0 radical (unpaired) electrons. The van der Waals surface area contributed by atoms with Gasteiger partial charge in [0.1, 0.15) is 11.4 Å². The van der Waals surface area contributed by atoms with E-state index in [0.717, 1.165) is 0 Å². The second-order valence-electron chi connectivity index (χ2n) is 6.11. The summed E-state index contributed by atoms with van der Waals surface area (Å²) in [7, 11) is 0. The molecule has 0 aliphatic heterocycles. The van der Waals surface area contributed by atoms with Gasteiger partial charge in [-0.15, -0.1) is 0 Å². The summed E-state index contributed by atoms with van der Waals surface area (Å²) in [5.41, 5.74) is 0.0593. The van der Waals surface area contributed by atoms with Gasteiger partial charge in [0, 0.05) is 6.54 Å². The van der Waals surface area contributed by atoms with E-state index in [1.54, 1.807) is 41.3 Å². The van der Waals surface area contributed by atoms with E-state index < -0.39 is 11.7 Å². The normalized spacial score (nSPS) is 10.8. The Hall–Kier alpha value is -3.01. The number of nitrogens with one attached hydrogen (secondary N) is 1. The van der Waals surface area contributed by atoms with Crippen LogP contribution in [0.3, 0.4) is 0 Å². The van der Waals surface area contributed by atoms with Crippen LogP contribution in [0.25, 0.3) is 0 Å². The molecular weight excluding hydrogens is 308 g/mol. The SMILES string of the molecule is CC(C)(C)OC(=O)NCCn1cc(Oc2ccc(C#N)cc2)cn1. The van der Waals surface area contributed by atoms with Crippen LogP contribution in [0.1, 0.15) is 26.3 Å². The van der Waals surface area contributed by atoms with E-state index in [4.69, 9.17) is 14.7 Å². The standard InChI is InChI=1S/C17H20N4O3/c1-17(2,3)24-16(22)19-8-9-21-12-15(11-20-21)23-14-6-4-13(10-18)5-7-14/h4-7,11-12H,8-9H2,1-3H3,(H,19,22). The fraction of sp³-hybridized carbons (Fsp3) is 0.353. The first-order valence-electron chi connectivity index (χ1n) is 7.53. The Morgan fingerprint density at radius 3 is 2.62 bits per heavy atom. The summed E-state index contributed by atoms with van der Waals surface area (Å²) in [5, 5.41) is 15.6. The molecule has 0 saturated heterocycles. The molecule has 0 unspecified atom stereocenters. The number of alkyl carbamates (subject to hydrolysis) is 1. The highest BCUT2D eigenvalue weighted by Gasteiger charge is 2.15. The number of hydrogen-bond acceptors (Lipinski definition) is 5. The molecule has 0 aliphatic carbocycles. The van der Waals surface area contributed by atoms with Crippen LogP contribution < -0.4 is 10.1 Å². The van der Waals surface area contributed by atoms with E-state index in [1.165, 1.54) is 0 Å². The maximum atomic E-state index is 11.5. The predicted molar refractivity (Wildman–Crippen MR) is 87.7 cm³/mol. The molecule has 24 heavy (non-hydrogen) atoms. The lowest BCUT2D eigenvalue weighted by atomic mass is 10.2. The van der Waals surface area contributed by atoms with E-state index in [2.05, 4.69) is 16.5 Å². The monoisotopic (exact) mass is 328 g/mol. The van der Waals surface area contributed by atoms with Gasteiger partial charge in [0.05, 0.1) is 30.6 Å². The van der Waals surface area contributed by atoms with Crippen LogP contribution in [0, 0.1) is 11.3 Å². The van der Waals surface area contributed by atoms with Gasteiger partial charge in [-0.25, -0.2) is 4.79 Å². The molecule has 0 saturated carbocycles. The number of aromatic nitrogens is 2. The Labute approximate surface area is 140 Å². The molecule has 0 bridgehead atoms. The van der Waals surface area contributed by atoms with Crippen LogP contribution in [0.5, 0.6) is 11.5 Å². The van der Waals surface area contributed by atoms with Crippen molar-refractivity contribution in [3.63, 3.8) is 0 Å². The summed E-state index contributed by atoms with van der Waals surface area (Å²) >= 11 is 0. The van der Waals surface area contributed by atoms with Gasteiger partial charge in [-0.2, -0.15) is 10.4 Å². The van der Waals surface area contributed by atoms with Crippen molar-refractivity contribution in [1.82, 2.24) is 15.1 Å². The van der Waals surface area contributed by atoms with E-state index in [9.17, 15) is 4.79 Å². The van der Waals surface area contributed by atoms with Gasteiger partial charge >= 0.3 is 6.09 Å². The molecule has 2 rings (SSSR count). The zero-order valence-corrected chi connectivity index (χ0v) is 13.9. The Morgan fingerprint density at radius 2 is 2.00 bits per heavy atom. The van der Waals surface area contributed by atoms with Crippen LogP contribution in [-0.2, 0) is 11.3 Å². The number of hydrogen-bond donors (Lipinski definition) is 1. The first-order chi connectivity index (χ1) is 11.4. The van der Waals surface area contributed by atoms with Gasteiger partial charge in [0.25, 0.3) is 0 Å². The quantitative estimate of drug-likeness (QED) is 0.911. The van der Waals surface area contributed by atoms with Crippen molar-refractivity contribution in [3.05, 3.63) is 42.2 Å². The molecule has 0 spiro atoms. The Bertz CT molecular complexity index is 724. The van der Waals surface area contributed by atoms with Crippen molar-refractivity contribution in [3.8, 4) is 17.6 Å². The third-order valence-electron chi connectivity index (χ3n) is 2.84. The molecule has 1 heterocycles. The minimum atomic E-state index is -0.516. The number of nitrogens with zero attached hydrogens (tertiary/aromatic N) is 3. The molecule has 126 valence electrons. The Morgan fingerprint density at radius 1 is 1.29 bits per heavy atom. The molecule has 1 aromatic carbocycles. The molecule has 0 aliphatic rings. The van der Waals surface area contributed by atoms with Crippen LogP contribution in [0.15, 0.2) is 36.7 Å². The Balaban J connectivity index is 1.80. The predicted octanol–water partition coefficient (Wildman–Crippen LogP) is 3.07. The minimum absolute atomic E-state index is 0.396. The second-order valence-corrected chi connectivity index (χ2v) is 6.11. The van der Waals surface area contributed by atoms with E-state index in [0.29, 0.717) is 30.2 Å². The zero-order valence-electron chi connectivity index (χ0n) is 13.9. The number of ether oxygens (including phenoxy) is 2. The van der Waals surface area contributed by atoms with Crippen molar-refractivity contribution in [2.75, 3.05) is 6.54 Å². The number of carbonyl (C=O) groups excluding carboxylic acids is 1. The topological polar surface area (TPSA) is 89.2 Å². The van der Waals surface area contributed by atoms with Crippen molar-refractivity contribution in [2.45, 2.75) is 32.9 Å². The van der Waals surface area contributed by atoms with Crippen molar-refractivity contribution in [1.29, 1.82) is 5.26 Å². The number of rotatable bonds is 5. The third kappa shape index (κ3) is 5.65. The van der Waals surface area contributed by atoms with Gasteiger partial charge in [0.15, 0.2) is 5.75 Å². The van der Waals surface area contributed by atoms with Crippen molar-refractivity contribution < 1.29 is 14.3 Å². The van der Waals surface area contributed by atoms with Crippen molar-refractivity contribution in [2.24, 2.45) is 0 Å². The maximum absolute atomic E-state index is 11.5. The molecule has 0 atom stereocenters. The van der Waals surface area contributed by atoms with Crippen LogP contribution >= 0.6 is 0 Å². The summed E-state index contributed by atoms with van der Waals surface area (Å²) in [6.07, 6.45) is 2.87. The van der Waals surface area contributed by atoms with E-state index in [-0.39, 0.29) is 0 Å². The van der Waals surface area contributed by atoms with Gasteiger partial charge < -0.3 is 14.8 Å². The molecule has 1 aromatic heterocycles. The van der Waals surface area contributed by atoms with E-state index >= 15 is 0 Å². The molecule has 2 aromatic rings. The molecular formula is C17H20N4O3. The number of benzene rings is 1. The smallest absolute Gasteiger partial charge is 0.407 e. The van der Waals surface area contributed by atoms with Crippen molar-refractivity contribution >= 4 is 6.09 Å². The Kier molecular flexibility index (Phi) is 5.42. The molecule has 1 amide bonds. The second kappa shape index (κ2) is 7.51. The van der Waals surface area contributed by atoms with Gasteiger partial charge in [-0.1, -0.05) is 0 Å². The average molecular weight is 328 g/mol. The number of carbonyl (C=O) groups is 1.